The Bertz CT molecular complexity index is 859. The molecule has 0 radical (unpaired) electrons. The number of aliphatic hydroxyl groups is 3. The summed E-state index contributed by atoms with van der Waals surface area (Å²) < 4.78 is 0. The van der Waals surface area contributed by atoms with Crippen LogP contribution in [0.4, 0.5) is 0 Å². The first-order valence-electron chi connectivity index (χ1n) is 13.8. The van der Waals surface area contributed by atoms with Gasteiger partial charge in [0, 0.05) is 5.41 Å². The van der Waals surface area contributed by atoms with E-state index < -0.39 is 23.7 Å². The summed E-state index contributed by atoms with van der Waals surface area (Å²) >= 11 is 0. The summed E-state index contributed by atoms with van der Waals surface area (Å²) in [6.45, 7) is 19.0. The van der Waals surface area contributed by atoms with Gasteiger partial charge in [0.15, 0.2) is 0 Å². The van der Waals surface area contributed by atoms with Crippen LogP contribution in [0.15, 0.2) is 11.6 Å². The minimum atomic E-state index is -1.06. The monoisotopic (exact) mass is 458 g/mol. The van der Waals surface area contributed by atoms with Gasteiger partial charge in [0.2, 0.25) is 0 Å². The minimum Gasteiger partial charge on any atom is -0.390 e. The fraction of sp³-hybridized carbons (Fsp3) is 0.933. The van der Waals surface area contributed by atoms with Gasteiger partial charge in [0.05, 0.1) is 12.2 Å². The molecule has 0 amide bonds. The maximum absolute atomic E-state index is 11.5. The molecular formula is C30H50O3. The van der Waals surface area contributed by atoms with Crippen molar-refractivity contribution in [1.82, 2.24) is 0 Å². The highest BCUT2D eigenvalue weighted by Gasteiger charge is 2.71. The van der Waals surface area contributed by atoms with Crippen molar-refractivity contribution in [3.63, 3.8) is 0 Å². The summed E-state index contributed by atoms with van der Waals surface area (Å²) in [5.41, 5.74) is 1.98. The standard InChI is InChI=1S/C30H50O3/c1-25(2)13-14-27(5)15-16-28(6)18(19(27)17-25)9-10-21-29(28,7)12-11-20-26(3,4)23(32)22(31)24(33)30(20,21)8/h17-18,20-24,31-33H,9-16H2,1-8H3/t18-,20+,21+,22+,23+,24-,27-,28-,29-,30+/m1/s1. The molecule has 3 N–H and O–H groups in total. The number of allylic oxidation sites excluding steroid dienone is 2. The Hall–Kier alpha value is -0.380. The van der Waals surface area contributed by atoms with Crippen LogP contribution in [0.25, 0.3) is 0 Å². The lowest BCUT2D eigenvalue weighted by Crippen LogP contribution is -2.72. The maximum atomic E-state index is 11.5. The summed E-state index contributed by atoms with van der Waals surface area (Å²) in [4.78, 5) is 0. The molecule has 5 rings (SSSR count). The van der Waals surface area contributed by atoms with Crippen molar-refractivity contribution >= 4 is 0 Å². The average molecular weight is 459 g/mol. The van der Waals surface area contributed by atoms with Crippen LogP contribution in [-0.4, -0.2) is 33.6 Å². The molecule has 4 fully saturated rings. The third-order valence-electron chi connectivity index (χ3n) is 13.1. The first kappa shape index (κ1) is 24.3. The molecule has 0 unspecified atom stereocenters. The lowest BCUT2D eigenvalue weighted by Gasteiger charge is -2.73. The van der Waals surface area contributed by atoms with Crippen molar-refractivity contribution in [1.29, 1.82) is 0 Å². The maximum Gasteiger partial charge on any atom is 0.107 e. The molecule has 0 bridgehead atoms. The molecule has 0 heterocycles. The van der Waals surface area contributed by atoms with E-state index in [1.807, 2.05) is 0 Å². The van der Waals surface area contributed by atoms with Crippen LogP contribution < -0.4 is 0 Å². The van der Waals surface area contributed by atoms with Crippen molar-refractivity contribution in [3.8, 4) is 0 Å². The van der Waals surface area contributed by atoms with E-state index in [-0.39, 0.29) is 22.2 Å². The van der Waals surface area contributed by atoms with E-state index >= 15 is 0 Å². The minimum absolute atomic E-state index is 0.129. The van der Waals surface area contributed by atoms with Crippen LogP contribution in [0, 0.1) is 50.2 Å². The zero-order valence-electron chi connectivity index (χ0n) is 22.5. The van der Waals surface area contributed by atoms with Crippen molar-refractivity contribution in [2.75, 3.05) is 0 Å². The SMILES string of the molecule is CC1(C)C=C2[C@H]3CC[C@@H]4[C@@]5(C)[C@H](O)[C@@H](O)[C@H](O)C(C)(C)[C@@H]5CC[C@@]4(C)[C@]3(C)CC[C@@]2(C)CC1. The summed E-state index contributed by atoms with van der Waals surface area (Å²) in [5, 5.41) is 33.5. The predicted molar refractivity (Wildman–Crippen MR) is 133 cm³/mol. The number of fused-ring (bicyclic) bond motifs is 7. The second-order valence-electron chi connectivity index (χ2n) is 15.3. The first-order valence-corrected chi connectivity index (χ1v) is 13.8. The molecule has 5 aliphatic carbocycles. The molecular weight excluding hydrogens is 408 g/mol. The number of hydrogen-bond donors (Lipinski definition) is 3. The largest absolute Gasteiger partial charge is 0.390 e. The smallest absolute Gasteiger partial charge is 0.107 e. The number of rotatable bonds is 0. The molecule has 0 aliphatic heterocycles. The summed E-state index contributed by atoms with van der Waals surface area (Å²) in [6, 6.07) is 0. The fourth-order valence-electron chi connectivity index (χ4n) is 10.7. The third kappa shape index (κ3) is 2.85. The molecule has 3 heteroatoms. The van der Waals surface area contributed by atoms with Crippen LogP contribution in [-0.2, 0) is 0 Å². The second-order valence-corrected chi connectivity index (χ2v) is 15.3. The Labute approximate surface area is 202 Å². The van der Waals surface area contributed by atoms with Crippen molar-refractivity contribution in [2.24, 2.45) is 50.2 Å². The highest BCUT2D eigenvalue weighted by atomic mass is 16.4. The summed E-state index contributed by atoms with van der Waals surface area (Å²) in [5.74, 6) is 1.21. The van der Waals surface area contributed by atoms with Gasteiger partial charge in [-0.05, 0) is 96.2 Å². The Balaban J connectivity index is 1.60. The second kappa shape index (κ2) is 6.88. The van der Waals surface area contributed by atoms with E-state index in [1.165, 1.54) is 32.1 Å². The van der Waals surface area contributed by atoms with Gasteiger partial charge in [-0.25, -0.2) is 0 Å². The zero-order chi connectivity index (χ0) is 24.4. The molecule has 10 atom stereocenters. The van der Waals surface area contributed by atoms with Gasteiger partial charge in [-0.15, -0.1) is 0 Å². The molecule has 0 saturated heterocycles. The third-order valence-corrected chi connectivity index (χ3v) is 13.1. The Kier molecular flexibility index (Phi) is 5.07. The zero-order valence-corrected chi connectivity index (χ0v) is 22.5. The van der Waals surface area contributed by atoms with E-state index in [2.05, 4.69) is 61.5 Å². The first-order chi connectivity index (χ1) is 15.0. The van der Waals surface area contributed by atoms with Crippen molar-refractivity contribution < 1.29 is 15.3 Å². The lowest BCUT2D eigenvalue weighted by atomic mass is 9.32. The molecule has 188 valence electrons. The van der Waals surface area contributed by atoms with Gasteiger partial charge in [-0.3, -0.25) is 0 Å². The summed E-state index contributed by atoms with van der Waals surface area (Å²) in [6.07, 6.45) is 9.54. The van der Waals surface area contributed by atoms with Crippen molar-refractivity contribution in [3.05, 3.63) is 11.6 Å². The molecule has 33 heavy (non-hydrogen) atoms. The molecule has 0 spiro atoms. The van der Waals surface area contributed by atoms with E-state index in [1.54, 1.807) is 5.57 Å². The Morgan fingerprint density at radius 1 is 0.667 bits per heavy atom. The normalized spacial score (nSPS) is 57.1. The lowest BCUT2D eigenvalue weighted by molar-refractivity contribution is -0.290. The number of hydrogen-bond acceptors (Lipinski definition) is 3. The van der Waals surface area contributed by atoms with Gasteiger partial charge in [0.25, 0.3) is 0 Å². The highest BCUT2D eigenvalue weighted by molar-refractivity contribution is 5.32. The average Bonchev–Trinajstić information content (AvgIpc) is 2.73. The molecule has 0 aromatic heterocycles. The van der Waals surface area contributed by atoms with E-state index in [9.17, 15) is 15.3 Å². The molecule has 0 aromatic rings. The molecule has 5 aliphatic rings. The predicted octanol–water partition coefficient (Wildman–Crippen LogP) is 6.11. The van der Waals surface area contributed by atoms with Crippen LogP contribution in [0.1, 0.15) is 107 Å². The summed E-state index contributed by atoms with van der Waals surface area (Å²) in [7, 11) is 0. The quantitative estimate of drug-likeness (QED) is 0.384. The van der Waals surface area contributed by atoms with Crippen LogP contribution in [0.2, 0.25) is 0 Å². The molecule has 0 aromatic carbocycles. The van der Waals surface area contributed by atoms with E-state index in [4.69, 9.17) is 0 Å². The van der Waals surface area contributed by atoms with Gasteiger partial charge < -0.3 is 15.3 Å². The van der Waals surface area contributed by atoms with Crippen molar-refractivity contribution in [2.45, 2.75) is 125 Å². The van der Waals surface area contributed by atoms with E-state index in [0.717, 1.165) is 19.3 Å². The Morgan fingerprint density at radius 2 is 1.30 bits per heavy atom. The van der Waals surface area contributed by atoms with Gasteiger partial charge >= 0.3 is 0 Å². The topological polar surface area (TPSA) is 60.7 Å². The van der Waals surface area contributed by atoms with Gasteiger partial charge in [0.1, 0.15) is 6.10 Å². The van der Waals surface area contributed by atoms with Crippen LogP contribution in [0.3, 0.4) is 0 Å². The highest BCUT2D eigenvalue weighted by Crippen LogP contribution is 2.76. The molecule has 4 saturated carbocycles. The Morgan fingerprint density at radius 3 is 1.97 bits per heavy atom. The van der Waals surface area contributed by atoms with Crippen LogP contribution in [0.5, 0.6) is 0 Å². The molecule has 3 nitrogen and oxygen atoms in total. The number of aliphatic hydroxyl groups excluding tert-OH is 3. The van der Waals surface area contributed by atoms with E-state index in [0.29, 0.717) is 22.7 Å². The van der Waals surface area contributed by atoms with Gasteiger partial charge in [-0.2, -0.15) is 0 Å². The van der Waals surface area contributed by atoms with Gasteiger partial charge in [-0.1, -0.05) is 67.0 Å². The fourth-order valence-corrected chi connectivity index (χ4v) is 10.7. The van der Waals surface area contributed by atoms with Crippen LogP contribution >= 0.6 is 0 Å².